The van der Waals surface area contributed by atoms with E-state index in [0.717, 1.165) is 15.6 Å². The van der Waals surface area contributed by atoms with E-state index in [1.54, 1.807) is 7.11 Å². The number of rotatable bonds is 7. The average Bonchev–Trinajstić information content (AvgIpc) is 3.12. The number of methoxy groups -OCH3 is 1. The Morgan fingerprint density at radius 3 is 2.80 bits per heavy atom. The minimum Gasteiger partial charge on any atom is -0.493 e. The Morgan fingerprint density at radius 1 is 1.20 bits per heavy atom. The van der Waals surface area contributed by atoms with Crippen LogP contribution in [0.2, 0.25) is 0 Å². The summed E-state index contributed by atoms with van der Waals surface area (Å²) in [5.74, 6) is 2.00. The predicted octanol–water partition coefficient (Wildman–Crippen LogP) is 4.08. The maximum atomic E-state index is 5.95. The molecule has 0 saturated carbocycles. The minimum atomic E-state index is 0.486. The van der Waals surface area contributed by atoms with Crippen molar-refractivity contribution >= 4 is 21.9 Å². The molecule has 25 heavy (non-hydrogen) atoms. The summed E-state index contributed by atoms with van der Waals surface area (Å²) in [5.41, 5.74) is 3.36. The van der Waals surface area contributed by atoms with Crippen LogP contribution in [0.4, 0.5) is 5.95 Å². The summed E-state index contributed by atoms with van der Waals surface area (Å²) in [6.07, 6.45) is 1.46. The summed E-state index contributed by atoms with van der Waals surface area (Å²) in [7, 11) is 1.64. The van der Waals surface area contributed by atoms with Gasteiger partial charge in [0.05, 0.1) is 7.11 Å². The standard InChI is InChI=1S/C18H19BrN4O2/c1-12-4-3-5-13(6-12)10-25-17-8-15(19)14(7-16(17)24-2)9-20-18-21-11-22-23-18/h3-8,11H,9-10H2,1-2H3,(H2,20,21,22,23). The molecule has 3 rings (SSSR count). The molecule has 3 aromatic rings. The SMILES string of the molecule is COc1cc(CNc2ncn[nH]2)c(Br)cc1OCc1cccc(C)c1. The lowest BCUT2D eigenvalue weighted by Gasteiger charge is -2.14. The van der Waals surface area contributed by atoms with Crippen LogP contribution in [0.15, 0.2) is 47.2 Å². The summed E-state index contributed by atoms with van der Waals surface area (Å²) >= 11 is 3.59. The van der Waals surface area contributed by atoms with Crippen LogP contribution in [0.1, 0.15) is 16.7 Å². The molecule has 0 amide bonds. The van der Waals surface area contributed by atoms with Gasteiger partial charge in [0, 0.05) is 11.0 Å². The average molecular weight is 403 g/mol. The van der Waals surface area contributed by atoms with Crippen molar-refractivity contribution in [3.8, 4) is 11.5 Å². The van der Waals surface area contributed by atoms with Crippen LogP contribution in [0.25, 0.3) is 0 Å². The molecule has 2 aromatic carbocycles. The Bertz CT molecular complexity index is 837. The van der Waals surface area contributed by atoms with Gasteiger partial charge in [0.1, 0.15) is 12.9 Å². The van der Waals surface area contributed by atoms with Gasteiger partial charge in [-0.2, -0.15) is 5.10 Å². The van der Waals surface area contributed by atoms with Crippen molar-refractivity contribution in [2.45, 2.75) is 20.1 Å². The van der Waals surface area contributed by atoms with E-state index in [1.165, 1.54) is 11.9 Å². The van der Waals surface area contributed by atoms with Crippen LogP contribution in [0.5, 0.6) is 11.5 Å². The summed E-state index contributed by atoms with van der Waals surface area (Å²) < 4.78 is 12.4. The fourth-order valence-corrected chi connectivity index (χ4v) is 2.88. The van der Waals surface area contributed by atoms with Gasteiger partial charge in [-0.05, 0) is 30.2 Å². The topological polar surface area (TPSA) is 72.1 Å². The number of H-pyrrole nitrogens is 1. The molecular formula is C18H19BrN4O2. The highest BCUT2D eigenvalue weighted by molar-refractivity contribution is 9.10. The lowest BCUT2D eigenvalue weighted by atomic mass is 10.1. The molecule has 0 fully saturated rings. The Hall–Kier alpha value is -2.54. The van der Waals surface area contributed by atoms with E-state index < -0.39 is 0 Å². The van der Waals surface area contributed by atoms with Crippen LogP contribution < -0.4 is 14.8 Å². The number of aromatic amines is 1. The van der Waals surface area contributed by atoms with Gasteiger partial charge in [-0.3, -0.25) is 0 Å². The minimum absolute atomic E-state index is 0.486. The van der Waals surface area contributed by atoms with Gasteiger partial charge >= 0.3 is 0 Å². The van der Waals surface area contributed by atoms with E-state index in [-0.39, 0.29) is 0 Å². The van der Waals surface area contributed by atoms with E-state index >= 15 is 0 Å². The smallest absolute Gasteiger partial charge is 0.218 e. The van der Waals surface area contributed by atoms with Crippen LogP contribution in [0.3, 0.4) is 0 Å². The summed E-state index contributed by atoms with van der Waals surface area (Å²) in [6, 6.07) is 12.1. The van der Waals surface area contributed by atoms with Gasteiger partial charge in [-0.25, -0.2) is 10.1 Å². The molecule has 1 aromatic heterocycles. The molecule has 2 N–H and O–H groups in total. The van der Waals surface area contributed by atoms with Crippen molar-refractivity contribution in [3.05, 3.63) is 63.9 Å². The highest BCUT2D eigenvalue weighted by Gasteiger charge is 2.11. The third-order valence-electron chi connectivity index (χ3n) is 3.67. The monoisotopic (exact) mass is 402 g/mol. The van der Waals surface area contributed by atoms with Gasteiger partial charge in [-0.15, -0.1) is 0 Å². The first-order valence-corrected chi connectivity index (χ1v) is 8.59. The largest absolute Gasteiger partial charge is 0.493 e. The second kappa shape index (κ2) is 8.02. The van der Waals surface area contributed by atoms with Gasteiger partial charge in [-0.1, -0.05) is 45.8 Å². The lowest BCUT2D eigenvalue weighted by Crippen LogP contribution is -2.04. The summed E-state index contributed by atoms with van der Waals surface area (Å²) in [6.45, 7) is 3.13. The quantitative estimate of drug-likeness (QED) is 0.622. The molecule has 0 saturated heterocycles. The number of anilines is 1. The van der Waals surface area contributed by atoms with Crippen LogP contribution in [-0.4, -0.2) is 22.3 Å². The number of ether oxygens (including phenoxy) is 2. The number of nitrogens with one attached hydrogen (secondary N) is 2. The number of hydrogen-bond acceptors (Lipinski definition) is 5. The first kappa shape index (κ1) is 17.3. The second-order valence-electron chi connectivity index (χ2n) is 5.56. The normalized spacial score (nSPS) is 10.5. The molecule has 0 aliphatic rings. The lowest BCUT2D eigenvalue weighted by molar-refractivity contribution is 0.284. The van der Waals surface area contributed by atoms with Crippen LogP contribution in [0, 0.1) is 6.92 Å². The third kappa shape index (κ3) is 4.51. The molecule has 130 valence electrons. The van der Waals surface area contributed by atoms with Gasteiger partial charge < -0.3 is 14.8 Å². The van der Waals surface area contributed by atoms with Crippen molar-refractivity contribution < 1.29 is 9.47 Å². The molecule has 0 atom stereocenters. The third-order valence-corrected chi connectivity index (χ3v) is 4.41. The zero-order chi connectivity index (χ0) is 17.6. The number of halogens is 1. The summed E-state index contributed by atoms with van der Waals surface area (Å²) in [4.78, 5) is 4.04. The molecule has 0 aliphatic heterocycles. The van der Waals surface area contributed by atoms with E-state index in [1.807, 2.05) is 24.3 Å². The zero-order valence-corrected chi connectivity index (χ0v) is 15.6. The fraction of sp³-hybridized carbons (Fsp3) is 0.222. The van der Waals surface area contributed by atoms with Crippen molar-refractivity contribution in [1.82, 2.24) is 15.2 Å². The number of benzene rings is 2. The van der Waals surface area contributed by atoms with Crippen molar-refractivity contribution in [2.24, 2.45) is 0 Å². The maximum Gasteiger partial charge on any atom is 0.218 e. The molecule has 0 spiro atoms. The van der Waals surface area contributed by atoms with E-state index in [2.05, 4.69) is 55.5 Å². The number of hydrogen-bond donors (Lipinski definition) is 2. The fourth-order valence-electron chi connectivity index (χ4n) is 2.42. The Balaban J connectivity index is 1.72. The van der Waals surface area contributed by atoms with Crippen molar-refractivity contribution in [2.75, 3.05) is 12.4 Å². The molecule has 0 bridgehead atoms. The van der Waals surface area contributed by atoms with Crippen LogP contribution in [-0.2, 0) is 13.2 Å². The van der Waals surface area contributed by atoms with E-state index in [4.69, 9.17) is 9.47 Å². The highest BCUT2D eigenvalue weighted by Crippen LogP contribution is 2.34. The first-order chi connectivity index (χ1) is 12.2. The Labute approximate surface area is 154 Å². The summed E-state index contributed by atoms with van der Waals surface area (Å²) in [5, 5.41) is 9.74. The number of nitrogens with zero attached hydrogens (tertiary/aromatic N) is 2. The zero-order valence-electron chi connectivity index (χ0n) is 14.0. The molecule has 0 radical (unpaired) electrons. The van der Waals surface area contributed by atoms with Gasteiger partial charge in [0.15, 0.2) is 11.5 Å². The van der Waals surface area contributed by atoms with Gasteiger partial charge in [0.2, 0.25) is 5.95 Å². The van der Waals surface area contributed by atoms with Crippen molar-refractivity contribution in [3.63, 3.8) is 0 Å². The predicted molar refractivity (Wildman–Crippen MR) is 99.9 cm³/mol. The van der Waals surface area contributed by atoms with Crippen LogP contribution >= 0.6 is 15.9 Å². The molecule has 0 aliphatic carbocycles. The number of aryl methyl sites for hydroxylation is 1. The first-order valence-electron chi connectivity index (χ1n) is 7.79. The molecule has 7 heteroatoms. The highest BCUT2D eigenvalue weighted by atomic mass is 79.9. The number of aromatic nitrogens is 3. The second-order valence-corrected chi connectivity index (χ2v) is 6.41. The molecule has 6 nitrogen and oxygen atoms in total. The molecule has 1 heterocycles. The molecular weight excluding hydrogens is 384 g/mol. The van der Waals surface area contributed by atoms with E-state index in [0.29, 0.717) is 30.6 Å². The Morgan fingerprint density at radius 2 is 2.08 bits per heavy atom. The van der Waals surface area contributed by atoms with Crippen molar-refractivity contribution in [1.29, 1.82) is 0 Å². The maximum absolute atomic E-state index is 5.95. The van der Waals surface area contributed by atoms with Gasteiger partial charge in [0.25, 0.3) is 0 Å². The Kier molecular flexibility index (Phi) is 5.55. The molecule has 0 unspecified atom stereocenters. The van der Waals surface area contributed by atoms with E-state index in [9.17, 15) is 0 Å².